The topological polar surface area (TPSA) is 120 Å². The van der Waals surface area contributed by atoms with Gasteiger partial charge in [-0.1, -0.05) is 17.7 Å². The molecular weight excluding hydrogens is 388 g/mol. The van der Waals surface area contributed by atoms with Crippen LogP contribution in [0.5, 0.6) is 0 Å². The summed E-state index contributed by atoms with van der Waals surface area (Å²) in [6.45, 7) is -0.615. The van der Waals surface area contributed by atoms with Gasteiger partial charge < -0.3 is 35.0 Å². The largest absolute Gasteiger partial charge is 0.394 e. The number of methoxy groups -OCH3 is 1. The third kappa shape index (κ3) is 4.22. The zero-order chi connectivity index (χ0) is 20.5. The van der Waals surface area contributed by atoms with E-state index < -0.39 is 36.8 Å². The minimum absolute atomic E-state index is 0.217. The Labute approximate surface area is 169 Å². The van der Waals surface area contributed by atoms with Crippen molar-refractivity contribution in [2.45, 2.75) is 68.4 Å². The fraction of sp³-hybridized carbons (Fsp3) is 0.700. The van der Waals surface area contributed by atoms with E-state index in [1.807, 2.05) is 0 Å². The number of aliphatic hydroxyl groups is 5. The second-order valence-corrected chi connectivity index (χ2v) is 8.26. The zero-order valence-electron chi connectivity index (χ0n) is 15.9. The van der Waals surface area contributed by atoms with E-state index in [9.17, 15) is 25.5 Å². The molecule has 0 unspecified atom stereocenters. The van der Waals surface area contributed by atoms with Gasteiger partial charge >= 0.3 is 0 Å². The number of rotatable bonds is 5. The Balaban J connectivity index is 1.82. The number of hydrogen-bond acceptors (Lipinski definition) is 7. The molecule has 1 saturated heterocycles. The van der Waals surface area contributed by atoms with Crippen molar-refractivity contribution in [1.82, 2.24) is 0 Å². The second kappa shape index (κ2) is 8.93. The molecule has 1 aromatic carbocycles. The van der Waals surface area contributed by atoms with Crippen molar-refractivity contribution < 1.29 is 35.0 Å². The van der Waals surface area contributed by atoms with Crippen LogP contribution in [0.3, 0.4) is 0 Å². The van der Waals surface area contributed by atoms with Crippen LogP contribution in [0.25, 0.3) is 0 Å². The Morgan fingerprint density at radius 3 is 2.43 bits per heavy atom. The van der Waals surface area contributed by atoms with Gasteiger partial charge in [0, 0.05) is 17.7 Å². The molecule has 0 radical (unpaired) electrons. The smallest absolute Gasteiger partial charge is 0.222 e. The first kappa shape index (κ1) is 21.9. The van der Waals surface area contributed by atoms with E-state index in [0.29, 0.717) is 23.5 Å². The third-order valence-corrected chi connectivity index (χ3v) is 6.43. The van der Waals surface area contributed by atoms with Gasteiger partial charge in [-0.25, -0.2) is 0 Å². The highest BCUT2D eigenvalue weighted by molar-refractivity contribution is 6.31. The lowest BCUT2D eigenvalue weighted by atomic mass is 9.82. The number of hydrogen-bond donors (Lipinski definition) is 5. The van der Waals surface area contributed by atoms with Crippen molar-refractivity contribution in [2.24, 2.45) is 5.92 Å². The monoisotopic (exact) mass is 416 g/mol. The predicted octanol–water partition coefficient (Wildman–Crippen LogP) is 0.707. The summed E-state index contributed by atoms with van der Waals surface area (Å²) in [6, 6.07) is 4.79. The van der Waals surface area contributed by atoms with Crippen molar-refractivity contribution in [3.05, 3.63) is 34.3 Å². The van der Waals surface area contributed by atoms with Crippen LogP contribution >= 0.6 is 11.6 Å². The van der Waals surface area contributed by atoms with Crippen LogP contribution in [0.2, 0.25) is 5.02 Å². The van der Waals surface area contributed by atoms with Crippen molar-refractivity contribution in [3.8, 4) is 0 Å². The van der Waals surface area contributed by atoms with E-state index >= 15 is 0 Å². The van der Waals surface area contributed by atoms with Gasteiger partial charge in [-0.05, 0) is 55.7 Å². The summed E-state index contributed by atoms with van der Waals surface area (Å²) in [5.74, 6) is -1.83. The molecule has 2 aliphatic rings. The summed E-state index contributed by atoms with van der Waals surface area (Å²) in [5, 5.41) is 51.3. The van der Waals surface area contributed by atoms with Gasteiger partial charge in [0.05, 0.1) is 12.7 Å². The summed E-state index contributed by atoms with van der Waals surface area (Å²) in [6.07, 6.45) is -1.17. The van der Waals surface area contributed by atoms with Crippen molar-refractivity contribution in [1.29, 1.82) is 0 Å². The van der Waals surface area contributed by atoms with Crippen LogP contribution in [0.4, 0.5) is 0 Å². The molecule has 0 spiro atoms. The molecule has 28 heavy (non-hydrogen) atoms. The molecule has 1 aliphatic heterocycles. The van der Waals surface area contributed by atoms with Crippen LogP contribution in [0, 0.1) is 5.92 Å². The molecule has 1 heterocycles. The van der Waals surface area contributed by atoms with Gasteiger partial charge in [0.25, 0.3) is 0 Å². The van der Waals surface area contributed by atoms with E-state index in [2.05, 4.69) is 0 Å². The molecule has 7 nitrogen and oxygen atoms in total. The van der Waals surface area contributed by atoms with Gasteiger partial charge in [0.2, 0.25) is 5.79 Å². The first-order valence-electron chi connectivity index (χ1n) is 9.67. The Kier molecular flexibility index (Phi) is 7.00. The quantitative estimate of drug-likeness (QED) is 0.479. The predicted molar refractivity (Wildman–Crippen MR) is 102 cm³/mol. The molecule has 2 fully saturated rings. The first-order valence-corrected chi connectivity index (χ1v) is 10.0. The lowest BCUT2D eigenvalue weighted by molar-refractivity contribution is -0.357. The highest BCUT2D eigenvalue weighted by atomic mass is 35.5. The third-order valence-electron chi connectivity index (χ3n) is 6.06. The molecule has 3 rings (SSSR count). The minimum Gasteiger partial charge on any atom is -0.394 e. The maximum absolute atomic E-state index is 11.0. The van der Waals surface area contributed by atoms with Crippen molar-refractivity contribution in [3.63, 3.8) is 0 Å². The van der Waals surface area contributed by atoms with E-state index in [0.717, 1.165) is 31.2 Å². The molecule has 0 bridgehead atoms. The maximum Gasteiger partial charge on any atom is 0.222 e. The van der Waals surface area contributed by atoms with Crippen LogP contribution in [0.1, 0.15) is 36.8 Å². The van der Waals surface area contributed by atoms with Crippen molar-refractivity contribution in [2.75, 3.05) is 13.7 Å². The van der Waals surface area contributed by atoms with Gasteiger partial charge in [0.1, 0.15) is 24.4 Å². The summed E-state index contributed by atoms with van der Waals surface area (Å²) < 4.78 is 10.8. The Bertz CT molecular complexity index is 662. The molecule has 0 amide bonds. The Morgan fingerprint density at radius 2 is 1.82 bits per heavy atom. The highest BCUT2D eigenvalue weighted by Crippen LogP contribution is 2.38. The number of aliphatic hydroxyl groups excluding tert-OH is 4. The summed E-state index contributed by atoms with van der Waals surface area (Å²) in [4.78, 5) is 0. The van der Waals surface area contributed by atoms with Gasteiger partial charge in [-0.15, -0.1) is 0 Å². The molecular formula is C20H29ClO7. The normalized spacial score (nSPS) is 39.1. The van der Waals surface area contributed by atoms with Gasteiger partial charge in [-0.2, -0.15) is 0 Å². The lowest BCUT2D eigenvalue weighted by Gasteiger charge is -2.45. The fourth-order valence-corrected chi connectivity index (χ4v) is 4.42. The summed E-state index contributed by atoms with van der Waals surface area (Å²) >= 11 is 6.36. The number of benzene rings is 1. The van der Waals surface area contributed by atoms with Crippen LogP contribution in [-0.4, -0.2) is 69.8 Å². The zero-order valence-corrected chi connectivity index (χ0v) is 16.6. The minimum atomic E-state index is -2.26. The molecule has 8 heteroatoms. The summed E-state index contributed by atoms with van der Waals surface area (Å²) in [5.41, 5.74) is 1.03. The molecule has 0 aromatic heterocycles. The van der Waals surface area contributed by atoms with Crippen LogP contribution in [0.15, 0.2) is 18.2 Å². The number of ether oxygens (including phenoxy) is 2. The average Bonchev–Trinajstić information content (AvgIpc) is 2.71. The van der Waals surface area contributed by atoms with E-state index in [-0.39, 0.29) is 5.56 Å². The highest BCUT2D eigenvalue weighted by Gasteiger charge is 2.53. The first-order chi connectivity index (χ1) is 13.3. The molecule has 5 atom stereocenters. The molecule has 1 saturated carbocycles. The van der Waals surface area contributed by atoms with E-state index in [1.165, 1.54) is 6.07 Å². The number of halogens is 1. The molecule has 5 N–H and O–H groups in total. The SMILES string of the molecule is COC1CCC(Cc2cc([C@@]3(O)O[C@H](CO)[C@@H](O)[C@H](O)[C@H]3O)ccc2Cl)CC1. The summed E-state index contributed by atoms with van der Waals surface area (Å²) in [7, 11) is 1.73. The van der Waals surface area contributed by atoms with Gasteiger partial charge in [0.15, 0.2) is 0 Å². The lowest BCUT2D eigenvalue weighted by Crippen LogP contribution is -2.63. The molecule has 1 aliphatic carbocycles. The second-order valence-electron chi connectivity index (χ2n) is 7.85. The van der Waals surface area contributed by atoms with E-state index in [1.54, 1.807) is 19.2 Å². The molecule has 1 aromatic rings. The Morgan fingerprint density at radius 1 is 1.14 bits per heavy atom. The fourth-order valence-electron chi connectivity index (χ4n) is 4.23. The van der Waals surface area contributed by atoms with Crippen LogP contribution in [-0.2, 0) is 21.7 Å². The van der Waals surface area contributed by atoms with Gasteiger partial charge in [-0.3, -0.25) is 0 Å². The van der Waals surface area contributed by atoms with Crippen molar-refractivity contribution >= 4 is 11.6 Å². The molecule has 158 valence electrons. The Hall–Kier alpha value is -0.770. The van der Waals surface area contributed by atoms with Crippen LogP contribution < -0.4 is 0 Å². The maximum atomic E-state index is 11.0. The average molecular weight is 417 g/mol. The van der Waals surface area contributed by atoms with E-state index in [4.69, 9.17) is 21.1 Å². The standard InChI is InChI=1S/C20H29ClO7/c1-27-14-5-2-11(3-6-14)8-12-9-13(4-7-15(12)21)20(26)19(25)18(24)17(23)16(10-22)28-20/h4,7,9,11,14,16-19,22-26H,2-3,5-6,8,10H2,1H3/t11?,14?,16-,17-,18+,19-,20-/m1/s1.